The standard InChI is InChI=1S/C12H15N3O3/c1-3-13-7-11-14-15-12(18-11)8-4-5-10(17-2)9(16)6-8/h4-6,13,16H,3,7H2,1-2H3. The normalized spacial score (nSPS) is 10.6. The van der Waals surface area contributed by atoms with Gasteiger partial charge in [-0.05, 0) is 24.7 Å². The van der Waals surface area contributed by atoms with Gasteiger partial charge in [0.15, 0.2) is 11.5 Å². The molecule has 6 heteroatoms. The second-order valence-electron chi connectivity index (χ2n) is 3.67. The van der Waals surface area contributed by atoms with Crippen molar-refractivity contribution in [2.75, 3.05) is 13.7 Å². The maximum Gasteiger partial charge on any atom is 0.247 e. The Morgan fingerprint density at radius 2 is 2.22 bits per heavy atom. The van der Waals surface area contributed by atoms with Crippen molar-refractivity contribution in [2.24, 2.45) is 0 Å². The van der Waals surface area contributed by atoms with Gasteiger partial charge in [0, 0.05) is 5.56 Å². The lowest BCUT2D eigenvalue weighted by Gasteiger charge is -2.03. The summed E-state index contributed by atoms with van der Waals surface area (Å²) in [6.07, 6.45) is 0. The third kappa shape index (κ3) is 2.60. The molecular weight excluding hydrogens is 234 g/mol. The number of ether oxygens (including phenoxy) is 1. The van der Waals surface area contributed by atoms with Crippen LogP contribution in [0.5, 0.6) is 11.5 Å². The summed E-state index contributed by atoms with van der Waals surface area (Å²) < 4.78 is 10.4. The molecule has 1 aromatic carbocycles. The Hall–Kier alpha value is -2.08. The van der Waals surface area contributed by atoms with E-state index in [9.17, 15) is 5.11 Å². The van der Waals surface area contributed by atoms with Crippen molar-refractivity contribution in [3.63, 3.8) is 0 Å². The molecule has 18 heavy (non-hydrogen) atoms. The van der Waals surface area contributed by atoms with E-state index in [1.165, 1.54) is 13.2 Å². The summed E-state index contributed by atoms with van der Waals surface area (Å²) >= 11 is 0. The van der Waals surface area contributed by atoms with Gasteiger partial charge in [-0.1, -0.05) is 6.92 Å². The summed E-state index contributed by atoms with van der Waals surface area (Å²) in [4.78, 5) is 0. The zero-order valence-corrected chi connectivity index (χ0v) is 10.3. The van der Waals surface area contributed by atoms with Crippen LogP contribution < -0.4 is 10.1 Å². The molecule has 0 aliphatic heterocycles. The molecule has 0 aliphatic rings. The highest BCUT2D eigenvalue weighted by Gasteiger charge is 2.10. The van der Waals surface area contributed by atoms with Gasteiger partial charge in [-0.25, -0.2) is 0 Å². The molecule has 0 saturated carbocycles. The van der Waals surface area contributed by atoms with E-state index in [4.69, 9.17) is 9.15 Å². The van der Waals surface area contributed by atoms with E-state index < -0.39 is 0 Å². The maximum absolute atomic E-state index is 9.67. The van der Waals surface area contributed by atoms with E-state index >= 15 is 0 Å². The van der Waals surface area contributed by atoms with Crippen LogP contribution in [0.2, 0.25) is 0 Å². The molecule has 0 unspecified atom stereocenters. The summed E-state index contributed by atoms with van der Waals surface area (Å²) in [6, 6.07) is 4.94. The van der Waals surface area contributed by atoms with Crippen molar-refractivity contribution < 1.29 is 14.3 Å². The number of hydrogen-bond acceptors (Lipinski definition) is 6. The van der Waals surface area contributed by atoms with Crippen molar-refractivity contribution in [1.82, 2.24) is 15.5 Å². The first-order valence-corrected chi connectivity index (χ1v) is 5.65. The highest BCUT2D eigenvalue weighted by molar-refractivity contribution is 5.59. The van der Waals surface area contributed by atoms with Gasteiger partial charge >= 0.3 is 0 Å². The molecule has 0 fully saturated rings. The number of nitrogens with one attached hydrogen (secondary N) is 1. The van der Waals surface area contributed by atoms with Gasteiger partial charge in [0.05, 0.1) is 13.7 Å². The van der Waals surface area contributed by atoms with Gasteiger partial charge in [-0.3, -0.25) is 0 Å². The van der Waals surface area contributed by atoms with Crippen LogP contribution in [0.4, 0.5) is 0 Å². The van der Waals surface area contributed by atoms with Gasteiger partial charge in [0.2, 0.25) is 11.8 Å². The average molecular weight is 249 g/mol. The Balaban J connectivity index is 2.20. The number of aromatic hydroxyl groups is 1. The highest BCUT2D eigenvalue weighted by atomic mass is 16.5. The van der Waals surface area contributed by atoms with Crippen molar-refractivity contribution in [3.8, 4) is 23.0 Å². The molecule has 96 valence electrons. The fourth-order valence-corrected chi connectivity index (χ4v) is 1.50. The minimum absolute atomic E-state index is 0.0430. The number of hydrogen-bond donors (Lipinski definition) is 2. The lowest BCUT2D eigenvalue weighted by atomic mass is 10.2. The smallest absolute Gasteiger partial charge is 0.247 e. The Labute approximate surface area is 105 Å². The lowest BCUT2D eigenvalue weighted by Crippen LogP contribution is -2.11. The van der Waals surface area contributed by atoms with Crippen LogP contribution in [0.25, 0.3) is 11.5 Å². The van der Waals surface area contributed by atoms with Crippen LogP contribution in [0.3, 0.4) is 0 Å². The van der Waals surface area contributed by atoms with Crippen LogP contribution in [-0.4, -0.2) is 29.0 Å². The number of aromatic nitrogens is 2. The molecule has 1 aromatic heterocycles. The first kappa shape index (κ1) is 12.4. The van der Waals surface area contributed by atoms with Gasteiger partial charge in [-0.2, -0.15) is 0 Å². The van der Waals surface area contributed by atoms with Crippen LogP contribution in [-0.2, 0) is 6.54 Å². The molecule has 1 heterocycles. The zero-order valence-electron chi connectivity index (χ0n) is 10.3. The Kier molecular flexibility index (Phi) is 3.78. The van der Waals surface area contributed by atoms with Gasteiger partial charge in [0.1, 0.15) is 0 Å². The summed E-state index contributed by atoms with van der Waals surface area (Å²) in [5.41, 5.74) is 0.656. The van der Waals surface area contributed by atoms with E-state index in [0.717, 1.165) is 6.54 Å². The number of phenolic OH excluding ortho intramolecular Hbond substituents is 1. The van der Waals surface area contributed by atoms with E-state index in [0.29, 0.717) is 29.6 Å². The van der Waals surface area contributed by atoms with Crippen molar-refractivity contribution in [3.05, 3.63) is 24.1 Å². The first-order valence-electron chi connectivity index (χ1n) is 5.65. The van der Waals surface area contributed by atoms with Crippen LogP contribution >= 0.6 is 0 Å². The predicted molar refractivity (Wildman–Crippen MR) is 65.3 cm³/mol. The Bertz CT molecular complexity index is 525. The third-order valence-electron chi connectivity index (χ3n) is 2.42. The highest BCUT2D eigenvalue weighted by Crippen LogP contribution is 2.30. The molecule has 0 spiro atoms. The van der Waals surface area contributed by atoms with E-state index in [1.54, 1.807) is 12.1 Å². The quantitative estimate of drug-likeness (QED) is 0.837. The lowest BCUT2D eigenvalue weighted by molar-refractivity contribution is 0.373. The molecule has 2 N–H and O–H groups in total. The fraction of sp³-hybridized carbons (Fsp3) is 0.333. The maximum atomic E-state index is 9.67. The summed E-state index contributed by atoms with van der Waals surface area (Å²) in [7, 11) is 1.50. The summed E-state index contributed by atoms with van der Waals surface area (Å²) in [6.45, 7) is 3.37. The van der Waals surface area contributed by atoms with E-state index in [1.807, 2.05) is 6.92 Å². The second-order valence-corrected chi connectivity index (χ2v) is 3.67. The molecular formula is C12H15N3O3. The molecule has 0 atom stereocenters. The SMILES string of the molecule is CCNCc1nnc(-c2ccc(OC)c(O)c2)o1. The van der Waals surface area contributed by atoms with Gasteiger partial charge in [0.25, 0.3) is 0 Å². The van der Waals surface area contributed by atoms with E-state index in [2.05, 4.69) is 15.5 Å². The minimum Gasteiger partial charge on any atom is -0.504 e. The minimum atomic E-state index is 0.0430. The molecule has 0 saturated heterocycles. The van der Waals surface area contributed by atoms with Crippen LogP contribution in [0.1, 0.15) is 12.8 Å². The molecule has 6 nitrogen and oxygen atoms in total. The zero-order chi connectivity index (χ0) is 13.0. The number of phenols is 1. The van der Waals surface area contributed by atoms with Crippen molar-refractivity contribution in [1.29, 1.82) is 0 Å². The second kappa shape index (κ2) is 5.50. The van der Waals surface area contributed by atoms with Crippen molar-refractivity contribution in [2.45, 2.75) is 13.5 Å². The van der Waals surface area contributed by atoms with Gasteiger partial charge < -0.3 is 19.6 Å². The van der Waals surface area contributed by atoms with Gasteiger partial charge in [-0.15, -0.1) is 10.2 Å². The Morgan fingerprint density at radius 3 is 2.89 bits per heavy atom. The molecule has 0 amide bonds. The molecule has 2 aromatic rings. The average Bonchev–Trinajstić information content (AvgIpc) is 2.85. The number of rotatable bonds is 5. The first-order chi connectivity index (χ1) is 8.74. The summed E-state index contributed by atoms with van der Waals surface area (Å²) in [5, 5.41) is 20.6. The largest absolute Gasteiger partial charge is 0.504 e. The van der Waals surface area contributed by atoms with Crippen LogP contribution in [0.15, 0.2) is 22.6 Å². The Morgan fingerprint density at radius 1 is 1.39 bits per heavy atom. The summed E-state index contributed by atoms with van der Waals surface area (Å²) in [5.74, 6) is 1.34. The molecule has 0 aliphatic carbocycles. The number of benzene rings is 1. The predicted octanol–water partition coefficient (Wildman–Crippen LogP) is 1.56. The van der Waals surface area contributed by atoms with E-state index in [-0.39, 0.29) is 5.75 Å². The molecule has 0 bridgehead atoms. The molecule has 0 radical (unpaired) electrons. The molecule has 2 rings (SSSR count). The topological polar surface area (TPSA) is 80.4 Å². The van der Waals surface area contributed by atoms with Crippen LogP contribution in [0, 0.1) is 0 Å². The van der Waals surface area contributed by atoms with Crippen molar-refractivity contribution >= 4 is 0 Å². The number of methoxy groups -OCH3 is 1. The monoisotopic (exact) mass is 249 g/mol. The number of nitrogens with zero attached hydrogens (tertiary/aromatic N) is 2. The fourth-order valence-electron chi connectivity index (χ4n) is 1.50. The third-order valence-corrected chi connectivity index (χ3v) is 2.42.